The topological polar surface area (TPSA) is 60.4 Å². The molecule has 4 nitrogen and oxygen atoms in total. The number of aldehydes is 1. The highest BCUT2D eigenvalue weighted by Gasteiger charge is 2.13. The number of rotatable bonds is 5. The summed E-state index contributed by atoms with van der Waals surface area (Å²) in [4.78, 5) is 23.0. The lowest BCUT2D eigenvalue weighted by Crippen LogP contribution is -2.46. The van der Waals surface area contributed by atoms with Gasteiger partial charge in [0.2, 0.25) is 0 Å². The number of anilines is 1. The van der Waals surface area contributed by atoms with Crippen LogP contribution in [0.15, 0.2) is 24.3 Å². The smallest absolute Gasteiger partial charge is 0.150 e. The van der Waals surface area contributed by atoms with Gasteiger partial charge < -0.3 is 14.8 Å². The molecule has 0 aliphatic rings. The largest absolute Gasteiger partial charge is 0.548 e. The highest BCUT2D eigenvalue weighted by Crippen LogP contribution is 2.17. The zero-order valence-corrected chi connectivity index (χ0v) is 9.34. The van der Waals surface area contributed by atoms with Gasteiger partial charge in [-0.05, 0) is 38.1 Å². The number of carboxylic acid groups (broad SMARTS) is 1. The Kier molecular flexibility index (Phi) is 4.05. The fourth-order valence-corrected chi connectivity index (χ4v) is 1.55. The van der Waals surface area contributed by atoms with E-state index in [2.05, 4.69) is 0 Å². The molecule has 0 radical (unpaired) electrons. The Bertz CT molecular complexity index is 372. The van der Waals surface area contributed by atoms with Gasteiger partial charge in [0.05, 0.1) is 12.0 Å². The Labute approximate surface area is 94.5 Å². The molecule has 0 aliphatic carbocycles. The Balaban J connectivity index is 2.94. The van der Waals surface area contributed by atoms with Gasteiger partial charge in [0.25, 0.3) is 0 Å². The summed E-state index contributed by atoms with van der Waals surface area (Å²) in [6.45, 7) is 4.01. The first kappa shape index (κ1) is 12.2. The molecule has 1 atom stereocenters. The third-order valence-electron chi connectivity index (χ3n) is 2.51. The minimum absolute atomic E-state index is 0.565. The molecule has 0 aromatic heterocycles. The minimum atomic E-state index is -1.11. The third-order valence-corrected chi connectivity index (χ3v) is 2.51. The number of carbonyl (C=O) groups excluding carboxylic acids is 2. The van der Waals surface area contributed by atoms with Gasteiger partial charge in [0.1, 0.15) is 6.29 Å². The van der Waals surface area contributed by atoms with Crippen LogP contribution in [0.3, 0.4) is 0 Å². The summed E-state index contributed by atoms with van der Waals surface area (Å²) < 4.78 is 0. The molecule has 16 heavy (non-hydrogen) atoms. The zero-order chi connectivity index (χ0) is 12.1. The summed E-state index contributed by atoms with van der Waals surface area (Å²) in [5.74, 6) is -1.11. The molecule has 0 fully saturated rings. The monoisotopic (exact) mass is 220 g/mol. The zero-order valence-electron chi connectivity index (χ0n) is 9.34. The van der Waals surface area contributed by atoms with Gasteiger partial charge >= 0.3 is 0 Å². The molecule has 0 amide bonds. The van der Waals surface area contributed by atoms with Crippen LogP contribution in [-0.4, -0.2) is 24.8 Å². The molecule has 1 unspecified atom stereocenters. The molecule has 1 rings (SSSR count). The molecule has 0 aliphatic heterocycles. The molecule has 0 saturated carbocycles. The molecular formula is C12H14NO3-. The van der Waals surface area contributed by atoms with Crippen molar-refractivity contribution in [3.63, 3.8) is 0 Å². The van der Waals surface area contributed by atoms with E-state index >= 15 is 0 Å². The first-order chi connectivity index (χ1) is 7.60. The van der Waals surface area contributed by atoms with Crippen molar-refractivity contribution in [3.05, 3.63) is 29.8 Å². The van der Waals surface area contributed by atoms with Gasteiger partial charge in [-0.1, -0.05) is 0 Å². The van der Waals surface area contributed by atoms with Crippen molar-refractivity contribution in [1.29, 1.82) is 0 Å². The van der Waals surface area contributed by atoms with Crippen LogP contribution in [-0.2, 0) is 4.79 Å². The lowest BCUT2D eigenvalue weighted by Gasteiger charge is -2.30. The molecule has 0 bridgehead atoms. The van der Waals surface area contributed by atoms with Crippen molar-refractivity contribution in [1.82, 2.24) is 0 Å². The maximum atomic E-state index is 10.8. The van der Waals surface area contributed by atoms with Crippen molar-refractivity contribution in [2.45, 2.75) is 19.9 Å². The summed E-state index contributed by atoms with van der Waals surface area (Å²) in [5, 5.41) is 10.8. The molecule has 0 spiro atoms. The van der Waals surface area contributed by atoms with Gasteiger partial charge in [-0.15, -0.1) is 0 Å². The quantitative estimate of drug-likeness (QED) is 0.676. The summed E-state index contributed by atoms with van der Waals surface area (Å²) in [6.07, 6.45) is 0.752. The van der Waals surface area contributed by atoms with Gasteiger partial charge in [0.15, 0.2) is 0 Å². The van der Waals surface area contributed by atoms with Crippen molar-refractivity contribution < 1.29 is 14.7 Å². The summed E-state index contributed by atoms with van der Waals surface area (Å²) in [7, 11) is 0. The van der Waals surface area contributed by atoms with E-state index in [9.17, 15) is 14.7 Å². The number of carbonyl (C=O) groups is 2. The van der Waals surface area contributed by atoms with E-state index in [0.717, 1.165) is 12.0 Å². The van der Waals surface area contributed by atoms with Crippen molar-refractivity contribution >= 4 is 17.9 Å². The van der Waals surface area contributed by atoms with Crippen LogP contribution in [0.1, 0.15) is 24.2 Å². The third kappa shape index (κ3) is 2.59. The Morgan fingerprint density at radius 1 is 1.44 bits per heavy atom. The lowest BCUT2D eigenvalue weighted by molar-refractivity contribution is -0.307. The fourth-order valence-electron chi connectivity index (χ4n) is 1.55. The molecule has 86 valence electrons. The number of benzene rings is 1. The van der Waals surface area contributed by atoms with E-state index in [1.807, 2.05) is 6.92 Å². The molecule has 0 heterocycles. The summed E-state index contributed by atoms with van der Waals surface area (Å²) in [5.41, 5.74) is 1.34. The van der Waals surface area contributed by atoms with Gasteiger partial charge in [-0.25, -0.2) is 0 Å². The van der Waals surface area contributed by atoms with Crippen molar-refractivity contribution in [3.8, 4) is 0 Å². The molecular weight excluding hydrogens is 206 g/mol. The van der Waals surface area contributed by atoms with E-state index in [4.69, 9.17) is 0 Å². The first-order valence-corrected chi connectivity index (χ1v) is 5.13. The number of likely N-dealkylation sites (N-methyl/N-ethyl adjacent to an activating group) is 1. The summed E-state index contributed by atoms with van der Waals surface area (Å²) in [6, 6.07) is 6.09. The molecule has 0 saturated heterocycles. The number of carboxylic acids is 1. The van der Waals surface area contributed by atoms with Crippen LogP contribution in [0.2, 0.25) is 0 Å². The van der Waals surface area contributed by atoms with E-state index in [0.29, 0.717) is 12.1 Å². The van der Waals surface area contributed by atoms with E-state index in [1.54, 1.807) is 36.1 Å². The highest BCUT2D eigenvalue weighted by molar-refractivity contribution is 5.78. The molecule has 0 N–H and O–H groups in total. The van der Waals surface area contributed by atoms with E-state index in [-0.39, 0.29) is 0 Å². The second-order valence-corrected chi connectivity index (χ2v) is 3.49. The molecule has 1 aromatic rings. The number of hydrogen-bond acceptors (Lipinski definition) is 4. The molecule has 4 heteroatoms. The van der Waals surface area contributed by atoms with Gasteiger partial charge in [0, 0.05) is 17.8 Å². The first-order valence-electron chi connectivity index (χ1n) is 5.13. The van der Waals surface area contributed by atoms with Crippen LogP contribution in [0, 0.1) is 0 Å². The average molecular weight is 220 g/mol. The van der Waals surface area contributed by atoms with Crippen LogP contribution < -0.4 is 10.0 Å². The predicted octanol–water partition coefficient (Wildman–Crippen LogP) is 0.464. The summed E-state index contributed by atoms with van der Waals surface area (Å²) >= 11 is 0. The Hall–Kier alpha value is -1.84. The number of hydrogen-bond donors (Lipinski definition) is 0. The van der Waals surface area contributed by atoms with Crippen LogP contribution in [0.5, 0.6) is 0 Å². The van der Waals surface area contributed by atoms with Gasteiger partial charge in [-0.2, -0.15) is 0 Å². The maximum Gasteiger partial charge on any atom is 0.150 e. The fraction of sp³-hybridized carbons (Fsp3) is 0.333. The lowest BCUT2D eigenvalue weighted by atomic mass is 10.2. The minimum Gasteiger partial charge on any atom is -0.548 e. The normalized spacial score (nSPS) is 11.9. The Morgan fingerprint density at radius 2 is 2.00 bits per heavy atom. The van der Waals surface area contributed by atoms with Crippen molar-refractivity contribution in [2.24, 2.45) is 0 Å². The number of aliphatic carboxylic acids is 1. The standard InChI is InChI=1S/C12H15NO3/c1-3-13(9(2)12(15)16)11-6-4-10(8-14)5-7-11/h4-9H,3H2,1-2H3,(H,15,16)/p-1. The second kappa shape index (κ2) is 5.30. The SMILES string of the molecule is CCN(c1ccc(C=O)cc1)C(C)C(=O)[O-]. The highest BCUT2D eigenvalue weighted by atomic mass is 16.4. The molecule has 1 aromatic carbocycles. The Morgan fingerprint density at radius 3 is 2.38 bits per heavy atom. The van der Waals surface area contributed by atoms with Crippen LogP contribution in [0.25, 0.3) is 0 Å². The van der Waals surface area contributed by atoms with E-state index in [1.165, 1.54) is 0 Å². The second-order valence-electron chi connectivity index (χ2n) is 3.49. The average Bonchev–Trinajstić information content (AvgIpc) is 2.30. The van der Waals surface area contributed by atoms with Gasteiger partial charge in [-0.3, -0.25) is 4.79 Å². The van der Waals surface area contributed by atoms with Crippen molar-refractivity contribution in [2.75, 3.05) is 11.4 Å². The maximum absolute atomic E-state index is 10.8. The van der Waals surface area contributed by atoms with Crippen LogP contribution >= 0.6 is 0 Å². The van der Waals surface area contributed by atoms with Crippen LogP contribution in [0.4, 0.5) is 5.69 Å². The van der Waals surface area contributed by atoms with E-state index < -0.39 is 12.0 Å². The predicted molar refractivity (Wildman–Crippen MR) is 59.3 cm³/mol. The number of nitrogens with zero attached hydrogens (tertiary/aromatic N) is 1.